The molecule has 0 saturated heterocycles. The van der Waals surface area contributed by atoms with Gasteiger partial charge in [-0.2, -0.15) is 0 Å². The standard InChI is InChI=1S/2C9H14O6.C3H8O3/c2*1-6(10)13-4-9(15-8(3)12)5-14-7(2)11;4-1-3(6)2-5/h2*9H,4-5H2,1-3H3;3-6H,1-2H2. The zero-order valence-electron chi connectivity index (χ0n) is 21.2. The summed E-state index contributed by atoms with van der Waals surface area (Å²) in [6.45, 7) is 6.14. The van der Waals surface area contributed by atoms with Crippen molar-refractivity contribution in [2.24, 2.45) is 0 Å². The van der Waals surface area contributed by atoms with Crippen molar-refractivity contribution in [3.8, 4) is 0 Å². The SMILES string of the molecule is CC(=O)OCC(COC(C)=O)OC(C)=O.CC(=O)OCC(COC(C)=O)OC(C)=O.OCC(O)CO. The van der Waals surface area contributed by atoms with Crippen LogP contribution < -0.4 is 0 Å². The van der Waals surface area contributed by atoms with Crippen molar-refractivity contribution in [1.29, 1.82) is 0 Å². The Morgan fingerprint density at radius 2 is 0.722 bits per heavy atom. The van der Waals surface area contributed by atoms with Crippen LogP contribution in [0.3, 0.4) is 0 Å². The van der Waals surface area contributed by atoms with E-state index in [0.717, 1.165) is 0 Å². The predicted octanol–water partition coefficient (Wildman–Crippen LogP) is -1.58. The minimum absolute atomic E-state index is 0.123. The lowest BCUT2D eigenvalue weighted by Crippen LogP contribution is -2.29. The van der Waals surface area contributed by atoms with E-state index in [4.69, 9.17) is 24.8 Å². The number of carbonyl (C=O) groups is 6. The first-order valence-corrected chi connectivity index (χ1v) is 10.4. The van der Waals surface area contributed by atoms with E-state index in [1.807, 2.05) is 0 Å². The maximum absolute atomic E-state index is 10.6. The van der Waals surface area contributed by atoms with Crippen molar-refractivity contribution in [1.82, 2.24) is 0 Å². The third-order valence-electron chi connectivity index (χ3n) is 2.98. The molecule has 0 aromatic carbocycles. The van der Waals surface area contributed by atoms with Crippen molar-refractivity contribution >= 4 is 35.8 Å². The van der Waals surface area contributed by atoms with Crippen molar-refractivity contribution in [2.75, 3.05) is 39.6 Å². The molecule has 0 spiro atoms. The summed E-state index contributed by atoms with van der Waals surface area (Å²) in [6.07, 6.45) is -2.46. The number of ether oxygens (including phenoxy) is 6. The second-order valence-corrected chi connectivity index (χ2v) is 6.69. The summed E-state index contributed by atoms with van der Waals surface area (Å²) in [6, 6.07) is 0. The molecular weight excluding hydrogens is 492 g/mol. The van der Waals surface area contributed by atoms with Crippen LogP contribution in [0.25, 0.3) is 0 Å². The number of esters is 6. The Morgan fingerprint density at radius 3 is 0.833 bits per heavy atom. The first-order chi connectivity index (χ1) is 16.6. The molecular formula is C21H36O15. The molecule has 0 saturated carbocycles. The van der Waals surface area contributed by atoms with Crippen LogP contribution >= 0.6 is 0 Å². The van der Waals surface area contributed by atoms with Crippen molar-refractivity contribution in [3.63, 3.8) is 0 Å². The summed E-state index contributed by atoms with van der Waals surface area (Å²) in [5, 5.41) is 24.0. The minimum Gasteiger partial charge on any atom is -0.462 e. The van der Waals surface area contributed by atoms with Gasteiger partial charge < -0.3 is 43.7 Å². The van der Waals surface area contributed by atoms with E-state index in [-0.39, 0.29) is 39.6 Å². The molecule has 0 atom stereocenters. The van der Waals surface area contributed by atoms with E-state index in [2.05, 4.69) is 18.9 Å². The summed E-state index contributed by atoms with van der Waals surface area (Å²) in [5.41, 5.74) is 0. The highest BCUT2D eigenvalue weighted by Gasteiger charge is 2.16. The van der Waals surface area contributed by atoms with Gasteiger partial charge in [0, 0.05) is 41.5 Å². The Bertz CT molecular complexity index is 584. The molecule has 0 radical (unpaired) electrons. The maximum Gasteiger partial charge on any atom is 0.303 e. The van der Waals surface area contributed by atoms with Crippen LogP contribution in [0.15, 0.2) is 0 Å². The van der Waals surface area contributed by atoms with E-state index < -0.39 is 54.1 Å². The lowest BCUT2D eigenvalue weighted by Gasteiger charge is -2.15. The van der Waals surface area contributed by atoms with Crippen LogP contribution in [0, 0.1) is 0 Å². The molecule has 0 aromatic heterocycles. The molecule has 210 valence electrons. The minimum atomic E-state index is -0.954. The molecule has 15 nitrogen and oxygen atoms in total. The van der Waals surface area contributed by atoms with Gasteiger partial charge >= 0.3 is 35.8 Å². The van der Waals surface area contributed by atoms with E-state index in [1.165, 1.54) is 41.5 Å². The number of rotatable bonds is 12. The second kappa shape index (κ2) is 23.4. The van der Waals surface area contributed by atoms with Gasteiger partial charge in [0.05, 0.1) is 13.2 Å². The van der Waals surface area contributed by atoms with Gasteiger partial charge in [-0.3, -0.25) is 28.8 Å². The number of carbonyl (C=O) groups excluding carboxylic acids is 6. The molecule has 0 aliphatic heterocycles. The third-order valence-corrected chi connectivity index (χ3v) is 2.98. The summed E-state index contributed by atoms with van der Waals surface area (Å²) >= 11 is 0. The van der Waals surface area contributed by atoms with E-state index >= 15 is 0 Å². The number of aliphatic hydroxyl groups excluding tert-OH is 3. The van der Waals surface area contributed by atoms with Crippen LogP contribution in [0.4, 0.5) is 0 Å². The molecule has 0 aromatic rings. The monoisotopic (exact) mass is 528 g/mol. The van der Waals surface area contributed by atoms with Crippen LogP contribution in [0.5, 0.6) is 0 Å². The number of hydrogen-bond donors (Lipinski definition) is 3. The first kappa shape index (κ1) is 37.3. The van der Waals surface area contributed by atoms with Gasteiger partial charge in [0.2, 0.25) is 0 Å². The zero-order chi connectivity index (χ0) is 28.7. The van der Waals surface area contributed by atoms with Gasteiger partial charge in [-0.25, -0.2) is 0 Å². The van der Waals surface area contributed by atoms with Crippen molar-refractivity contribution in [2.45, 2.75) is 59.9 Å². The topological polar surface area (TPSA) is 218 Å². The van der Waals surface area contributed by atoms with E-state index in [1.54, 1.807) is 0 Å². The quantitative estimate of drug-likeness (QED) is 0.192. The highest BCUT2D eigenvalue weighted by Crippen LogP contribution is 1.98. The second-order valence-electron chi connectivity index (χ2n) is 6.69. The molecule has 0 unspecified atom stereocenters. The molecule has 3 N–H and O–H groups in total. The fourth-order valence-corrected chi connectivity index (χ4v) is 1.60. The van der Waals surface area contributed by atoms with Crippen LogP contribution in [0.1, 0.15) is 41.5 Å². The van der Waals surface area contributed by atoms with Crippen LogP contribution in [-0.4, -0.2) is 109 Å². The average molecular weight is 529 g/mol. The van der Waals surface area contributed by atoms with Gasteiger partial charge in [0.25, 0.3) is 0 Å². The van der Waals surface area contributed by atoms with Gasteiger partial charge in [-0.1, -0.05) is 0 Å². The van der Waals surface area contributed by atoms with E-state index in [9.17, 15) is 28.8 Å². The van der Waals surface area contributed by atoms with Crippen LogP contribution in [-0.2, 0) is 57.2 Å². The Morgan fingerprint density at radius 1 is 0.500 bits per heavy atom. The molecule has 0 fully saturated rings. The van der Waals surface area contributed by atoms with Crippen molar-refractivity contribution in [3.05, 3.63) is 0 Å². The van der Waals surface area contributed by atoms with Gasteiger partial charge in [-0.05, 0) is 0 Å². The van der Waals surface area contributed by atoms with Gasteiger partial charge in [-0.15, -0.1) is 0 Å². The Labute approximate surface area is 208 Å². The van der Waals surface area contributed by atoms with Gasteiger partial charge in [0.1, 0.15) is 32.5 Å². The Kier molecular flexibility index (Phi) is 24.3. The number of hydrogen-bond acceptors (Lipinski definition) is 15. The van der Waals surface area contributed by atoms with Crippen LogP contribution in [0.2, 0.25) is 0 Å². The van der Waals surface area contributed by atoms with E-state index in [0.29, 0.717) is 0 Å². The highest BCUT2D eigenvalue weighted by atomic mass is 16.6. The Balaban J connectivity index is -0.000000495. The third kappa shape index (κ3) is 32.9. The largest absolute Gasteiger partial charge is 0.462 e. The molecule has 15 heteroatoms. The highest BCUT2D eigenvalue weighted by molar-refractivity contribution is 5.68. The summed E-state index contributed by atoms with van der Waals surface area (Å²) in [4.78, 5) is 63.3. The molecule has 0 aliphatic rings. The predicted molar refractivity (Wildman–Crippen MR) is 118 cm³/mol. The fraction of sp³-hybridized carbons (Fsp3) is 0.714. The van der Waals surface area contributed by atoms with Crippen molar-refractivity contribution < 1.29 is 72.5 Å². The molecule has 36 heavy (non-hydrogen) atoms. The fourth-order valence-electron chi connectivity index (χ4n) is 1.60. The first-order valence-electron chi connectivity index (χ1n) is 10.4. The Hall–Kier alpha value is -3.30. The molecule has 0 aliphatic carbocycles. The molecule has 0 rings (SSSR count). The number of aliphatic hydroxyl groups is 3. The molecule has 0 amide bonds. The van der Waals surface area contributed by atoms with Gasteiger partial charge in [0.15, 0.2) is 12.2 Å². The summed E-state index contributed by atoms with van der Waals surface area (Å²) < 4.78 is 28.0. The molecule has 0 bridgehead atoms. The summed E-state index contributed by atoms with van der Waals surface area (Å²) in [7, 11) is 0. The lowest BCUT2D eigenvalue weighted by molar-refractivity contribution is -0.163. The summed E-state index contributed by atoms with van der Waals surface area (Å²) in [5.74, 6) is -3.02. The maximum atomic E-state index is 10.6. The lowest BCUT2D eigenvalue weighted by atomic mass is 10.4. The zero-order valence-corrected chi connectivity index (χ0v) is 21.2. The molecule has 0 heterocycles. The smallest absolute Gasteiger partial charge is 0.303 e. The normalized spacial score (nSPS) is 9.67. The average Bonchev–Trinajstić information content (AvgIpc) is 2.76.